The van der Waals surface area contributed by atoms with Crippen LogP contribution in [0.4, 0.5) is 0 Å². The van der Waals surface area contributed by atoms with E-state index in [4.69, 9.17) is 0 Å². The Morgan fingerprint density at radius 1 is 1.57 bits per heavy atom. The smallest absolute Gasteiger partial charge is 0.199 e. The second kappa shape index (κ2) is 4.15. The lowest BCUT2D eigenvalue weighted by Gasteiger charge is -1.94. The van der Waals surface area contributed by atoms with E-state index < -0.39 is 0 Å². The number of H-pyrrole nitrogens is 1. The molecule has 0 spiro atoms. The van der Waals surface area contributed by atoms with Crippen LogP contribution in [0.25, 0.3) is 0 Å². The van der Waals surface area contributed by atoms with Crippen molar-refractivity contribution in [2.24, 2.45) is 0 Å². The summed E-state index contributed by atoms with van der Waals surface area (Å²) in [6, 6.07) is 2.03. The number of thiophene rings is 1. The molecule has 4 nitrogen and oxygen atoms in total. The second-order valence-corrected chi connectivity index (χ2v) is 3.67. The normalized spacial score (nSPS) is 10.3. The van der Waals surface area contributed by atoms with E-state index in [9.17, 15) is 4.79 Å². The number of Topliss-reactive ketones (excluding diaryl/α,β-unsaturated/α-hetero) is 1. The third-order valence-electron chi connectivity index (χ3n) is 1.90. The first-order valence-electron chi connectivity index (χ1n) is 4.26. The topological polar surface area (TPSA) is 58.6 Å². The molecule has 72 valence electrons. The molecule has 2 aromatic heterocycles. The van der Waals surface area contributed by atoms with E-state index in [1.807, 2.05) is 16.8 Å². The summed E-state index contributed by atoms with van der Waals surface area (Å²) in [5, 5.41) is 10.2. The lowest BCUT2D eigenvalue weighted by atomic mass is 10.1. The first kappa shape index (κ1) is 9.08. The van der Waals surface area contributed by atoms with Gasteiger partial charge < -0.3 is 0 Å². The molecule has 2 heterocycles. The van der Waals surface area contributed by atoms with Gasteiger partial charge in [0.25, 0.3) is 0 Å². The van der Waals surface area contributed by atoms with Crippen molar-refractivity contribution in [1.82, 2.24) is 15.2 Å². The molecule has 0 fully saturated rings. The molecule has 0 aliphatic carbocycles. The number of aryl methyl sites for hydroxylation is 1. The van der Waals surface area contributed by atoms with Gasteiger partial charge in [-0.05, 0) is 28.8 Å². The maximum absolute atomic E-state index is 11.5. The number of nitrogens with one attached hydrogen (secondary N) is 1. The maximum Gasteiger partial charge on any atom is 0.199 e. The first-order valence-corrected chi connectivity index (χ1v) is 5.20. The highest BCUT2D eigenvalue weighted by molar-refractivity contribution is 7.07. The molecule has 0 aromatic carbocycles. The van der Waals surface area contributed by atoms with Gasteiger partial charge in [-0.2, -0.15) is 16.4 Å². The summed E-state index contributed by atoms with van der Waals surface area (Å²) in [4.78, 5) is 15.3. The summed E-state index contributed by atoms with van der Waals surface area (Å²) < 4.78 is 0. The van der Waals surface area contributed by atoms with E-state index in [1.54, 1.807) is 11.3 Å². The highest BCUT2D eigenvalue weighted by Gasteiger charge is 2.08. The van der Waals surface area contributed by atoms with Gasteiger partial charge in [-0.15, -0.1) is 0 Å². The Morgan fingerprint density at radius 3 is 3.14 bits per heavy atom. The van der Waals surface area contributed by atoms with Crippen molar-refractivity contribution in [2.45, 2.75) is 12.8 Å². The molecule has 0 saturated heterocycles. The Hall–Kier alpha value is -1.49. The van der Waals surface area contributed by atoms with E-state index >= 15 is 0 Å². The summed E-state index contributed by atoms with van der Waals surface area (Å²) in [6.45, 7) is 0. The van der Waals surface area contributed by atoms with E-state index in [-0.39, 0.29) is 5.78 Å². The minimum Gasteiger partial charge on any atom is -0.291 e. The molecular weight excluding hydrogens is 198 g/mol. The monoisotopic (exact) mass is 207 g/mol. The molecular formula is C9H9N3OS. The number of hydrogen-bond acceptors (Lipinski definition) is 4. The SMILES string of the molecule is O=C(CCc1ccsc1)c1ncn[nH]1. The molecule has 0 bridgehead atoms. The number of aromatic nitrogens is 3. The van der Waals surface area contributed by atoms with Crippen LogP contribution in [0.1, 0.15) is 22.6 Å². The van der Waals surface area contributed by atoms with Gasteiger partial charge in [0.1, 0.15) is 6.33 Å². The Balaban J connectivity index is 1.90. The number of hydrogen-bond donors (Lipinski definition) is 1. The van der Waals surface area contributed by atoms with Crippen molar-refractivity contribution in [1.29, 1.82) is 0 Å². The molecule has 2 aromatic rings. The molecule has 0 atom stereocenters. The van der Waals surface area contributed by atoms with Crippen LogP contribution in [0.15, 0.2) is 23.2 Å². The zero-order valence-corrected chi connectivity index (χ0v) is 8.25. The van der Waals surface area contributed by atoms with Crippen LogP contribution in [0.3, 0.4) is 0 Å². The van der Waals surface area contributed by atoms with Gasteiger partial charge in [-0.25, -0.2) is 4.98 Å². The van der Waals surface area contributed by atoms with Crippen molar-refractivity contribution >= 4 is 17.1 Å². The Morgan fingerprint density at radius 2 is 2.50 bits per heavy atom. The van der Waals surface area contributed by atoms with Crippen LogP contribution in [0.5, 0.6) is 0 Å². The minimum absolute atomic E-state index is 0.00806. The van der Waals surface area contributed by atoms with Crippen LogP contribution in [-0.2, 0) is 6.42 Å². The molecule has 2 rings (SSSR count). The van der Waals surface area contributed by atoms with Crippen molar-refractivity contribution in [3.8, 4) is 0 Å². The average molecular weight is 207 g/mol. The van der Waals surface area contributed by atoms with Gasteiger partial charge in [0.15, 0.2) is 11.6 Å². The molecule has 14 heavy (non-hydrogen) atoms. The average Bonchev–Trinajstić information content (AvgIpc) is 2.87. The number of carbonyl (C=O) groups is 1. The molecule has 0 radical (unpaired) electrons. The summed E-state index contributed by atoms with van der Waals surface area (Å²) in [6.07, 6.45) is 2.59. The minimum atomic E-state index is 0.00806. The second-order valence-electron chi connectivity index (χ2n) is 2.89. The number of aromatic amines is 1. The standard InChI is InChI=1S/C9H9N3OS/c13-8(9-10-6-11-12-9)2-1-7-3-4-14-5-7/h3-6H,1-2H2,(H,10,11,12). The van der Waals surface area contributed by atoms with E-state index in [0.29, 0.717) is 12.2 Å². The highest BCUT2D eigenvalue weighted by atomic mass is 32.1. The summed E-state index contributed by atoms with van der Waals surface area (Å²) in [7, 11) is 0. The summed E-state index contributed by atoms with van der Waals surface area (Å²) in [5.74, 6) is 0.355. The third kappa shape index (κ3) is 2.05. The van der Waals surface area contributed by atoms with Gasteiger partial charge in [0, 0.05) is 6.42 Å². The third-order valence-corrected chi connectivity index (χ3v) is 2.63. The van der Waals surface area contributed by atoms with E-state index in [1.165, 1.54) is 11.9 Å². The number of rotatable bonds is 4. The molecule has 5 heteroatoms. The van der Waals surface area contributed by atoms with E-state index in [0.717, 1.165) is 6.42 Å². The Kier molecular flexibility index (Phi) is 2.69. The van der Waals surface area contributed by atoms with E-state index in [2.05, 4.69) is 15.2 Å². The lowest BCUT2D eigenvalue weighted by molar-refractivity contribution is 0.0973. The van der Waals surface area contributed by atoms with Crippen LogP contribution in [-0.4, -0.2) is 21.0 Å². The zero-order chi connectivity index (χ0) is 9.80. The van der Waals surface area contributed by atoms with Crippen LogP contribution >= 0.6 is 11.3 Å². The number of ketones is 1. The Bertz CT molecular complexity index is 394. The molecule has 0 aliphatic heterocycles. The number of carbonyl (C=O) groups excluding carboxylic acids is 1. The van der Waals surface area contributed by atoms with Crippen LogP contribution in [0, 0.1) is 0 Å². The quantitative estimate of drug-likeness (QED) is 0.776. The largest absolute Gasteiger partial charge is 0.291 e. The predicted molar refractivity (Wildman–Crippen MR) is 53.4 cm³/mol. The van der Waals surface area contributed by atoms with Crippen molar-refractivity contribution in [3.05, 3.63) is 34.5 Å². The first-order chi connectivity index (χ1) is 6.86. The molecule has 0 aliphatic rings. The molecule has 0 amide bonds. The molecule has 0 saturated carbocycles. The fourth-order valence-corrected chi connectivity index (χ4v) is 1.85. The van der Waals surface area contributed by atoms with Crippen molar-refractivity contribution < 1.29 is 4.79 Å². The van der Waals surface area contributed by atoms with Gasteiger partial charge in [-0.3, -0.25) is 9.89 Å². The van der Waals surface area contributed by atoms with Crippen LogP contribution in [0.2, 0.25) is 0 Å². The van der Waals surface area contributed by atoms with Gasteiger partial charge in [-0.1, -0.05) is 0 Å². The van der Waals surface area contributed by atoms with Gasteiger partial charge in [0.05, 0.1) is 0 Å². The van der Waals surface area contributed by atoms with Gasteiger partial charge in [0.2, 0.25) is 0 Å². The number of nitrogens with zero attached hydrogens (tertiary/aromatic N) is 2. The maximum atomic E-state index is 11.5. The van der Waals surface area contributed by atoms with Crippen LogP contribution < -0.4 is 0 Å². The van der Waals surface area contributed by atoms with Crippen molar-refractivity contribution in [3.63, 3.8) is 0 Å². The van der Waals surface area contributed by atoms with Gasteiger partial charge >= 0.3 is 0 Å². The molecule has 0 unspecified atom stereocenters. The van der Waals surface area contributed by atoms with Crippen molar-refractivity contribution in [2.75, 3.05) is 0 Å². The highest BCUT2D eigenvalue weighted by Crippen LogP contribution is 2.09. The lowest BCUT2D eigenvalue weighted by Crippen LogP contribution is -2.03. The molecule has 1 N–H and O–H groups in total. The fraction of sp³-hybridized carbons (Fsp3) is 0.222. The summed E-state index contributed by atoms with van der Waals surface area (Å²) in [5.41, 5.74) is 1.20. The zero-order valence-electron chi connectivity index (χ0n) is 7.43. The summed E-state index contributed by atoms with van der Waals surface area (Å²) >= 11 is 1.64. The fourth-order valence-electron chi connectivity index (χ4n) is 1.15. The predicted octanol–water partition coefficient (Wildman–Crippen LogP) is 1.68. The Labute approximate surface area is 85.0 Å².